The first-order valence-electron chi connectivity index (χ1n) is 7.32. The van der Waals surface area contributed by atoms with Crippen molar-refractivity contribution in [1.29, 1.82) is 0 Å². The lowest BCUT2D eigenvalue weighted by molar-refractivity contribution is 0.0350. The van der Waals surface area contributed by atoms with Crippen LogP contribution in [-0.4, -0.2) is 74.0 Å². The Bertz CT molecular complexity index is 404. The molecule has 0 aromatic heterocycles. The molecule has 0 aliphatic carbocycles. The molecule has 0 aromatic carbocycles. The summed E-state index contributed by atoms with van der Waals surface area (Å²) < 4.78 is 23.5. The highest BCUT2D eigenvalue weighted by Gasteiger charge is 2.46. The first-order valence-corrected chi connectivity index (χ1v) is 9.14. The Kier molecular flexibility index (Phi) is 4.55. The molecule has 2 saturated heterocycles. The molecule has 112 valence electrons. The average molecular weight is 289 g/mol. The Labute approximate surface area is 117 Å². The largest absolute Gasteiger partial charge is 0.329 e. The van der Waals surface area contributed by atoms with Crippen LogP contribution in [0.25, 0.3) is 0 Å². The summed E-state index contributed by atoms with van der Waals surface area (Å²) in [5.41, 5.74) is 5.63. The van der Waals surface area contributed by atoms with Crippen molar-refractivity contribution in [1.82, 2.24) is 9.80 Å². The minimum atomic E-state index is -2.89. The predicted molar refractivity (Wildman–Crippen MR) is 78.0 cm³/mol. The highest BCUT2D eigenvalue weighted by Crippen LogP contribution is 2.30. The molecule has 2 unspecified atom stereocenters. The minimum absolute atomic E-state index is 0.250. The summed E-state index contributed by atoms with van der Waals surface area (Å²) in [4.78, 5) is 4.82. The number of hydrogen-bond donors (Lipinski definition) is 1. The average Bonchev–Trinajstić information content (AvgIpc) is 2.75. The quantitative estimate of drug-likeness (QED) is 0.784. The molecule has 2 fully saturated rings. The maximum atomic E-state index is 11.8. The third-order valence-corrected chi connectivity index (χ3v) is 6.75. The van der Waals surface area contributed by atoms with Gasteiger partial charge in [0.2, 0.25) is 0 Å². The lowest BCUT2D eigenvalue weighted by Gasteiger charge is -2.46. The zero-order chi connectivity index (χ0) is 14.1. The van der Waals surface area contributed by atoms with Gasteiger partial charge in [0.1, 0.15) is 0 Å². The van der Waals surface area contributed by atoms with E-state index in [9.17, 15) is 8.42 Å². The van der Waals surface area contributed by atoms with Crippen molar-refractivity contribution in [3.63, 3.8) is 0 Å². The van der Waals surface area contributed by atoms with E-state index in [1.165, 1.54) is 0 Å². The number of hydrogen-bond acceptors (Lipinski definition) is 5. The smallest absolute Gasteiger partial charge is 0.152 e. The molecular weight excluding hydrogens is 262 g/mol. The van der Waals surface area contributed by atoms with Crippen LogP contribution in [0.5, 0.6) is 0 Å². The standard InChI is InChI=1S/C13H27N3O2S/c1-3-12(2)15-5-7-16(8-6-15)13(10-14)4-9-19(17,18)11-13/h12H,3-11,14H2,1-2H3. The van der Waals surface area contributed by atoms with Crippen LogP contribution in [0.1, 0.15) is 26.7 Å². The van der Waals surface area contributed by atoms with Gasteiger partial charge in [-0.2, -0.15) is 0 Å². The molecular formula is C13H27N3O2S. The maximum Gasteiger partial charge on any atom is 0.152 e. The van der Waals surface area contributed by atoms with Crippen molar-refractivity contribution in [2.75, 3.05) is 44.2 Å². The van der Waals surface area contributed by atoms with Crippen LogP contribution in [-0.2, 0) is 9.84 Å². The number of piperazine rings is 1. The van der Waals surface area contributed by atoms with Crippen molar-refractivity contribution in [3.05, 3.63) is 0 Å². The molecule has 0 saturated carbocycles. The minimum Gasteiger partial charge on any atom is -0.329 e. The van der Waals surface area contributed by atoms with E-state index in [-0.39, 0.29) is 11.3 Å². The summed E-state index contributed by atoms with van der Waals surface area (Å²) >= 11 is 0. The van der Waals surface area contributed by atoms with Gasteiger partial charge in [-0.05, 0) is 19.8 Å². The lowest BCUT2D eigenvalue weighted by Crippen LogP contribution is -2.61. The van der Waals surface area contributed by atoms with E-state index in [1.807, 2.05) is 0 Å². The SMILES string of the molecule is CCC(C)N1CCN(C2(CN)CCS(=O)(=O)C2)CC1. The summed E-state index contributed by atoms with van der Waals surface area (Å²) in [5.74, 6) is 0.551. The monoisotopic (exact) mass is 289 g/mol. The molecule has 2 heterocycles. The van der Waals surface area contributed by atoms with Crippen molar-refractivity contribution in [3.8, 4) is 0 Å². The van der Waals surface area contributed by atoms with E-state index in [4.69, 9.17) is 5.73 Å². The molecule has 0 amide bonds. The summed E-state index contributed by atoms with van der Waals surface area (Å²) in [6.45, 7) is 8.85. The van der Waals surface area contributed by atoms with Crippen molar-refractivity contribution in [2.45, 2.75) is 38.3 Å². The molecule has 2 aliphatic rings. The van der Waals surface area contributed by atoms with Crippen LogP contribution in [0.2, 0.25) is 0 Å². The van der Waals surface area contributed by atoms with Crippen molar-refractivity contribution in [2.24, 2.45) is 5.73 Å². The predicted octanol–water partition coefficient (Wildman–Crippen LogP) is -0.0815. The molecule has 0 radical (unpaired) electrons. The van der Waals surface area contributed by atoms with E-state index in [2.05, 4.69) is 23.6 Å². The van der Waals surface area contributed by atoms with Gasteiger partial charge < -0.3 is 5.73 Å². The lowest BCUT2D eigenvalue weighted by atomic mass is 9.95. The van der Waals surface area contributed by atoms with Crippen LogP contribution in [0.4, 0.5) is 0 Å². The highest BCUT2D eigenvalue weighted by atomic mass is 32.2. The Balaban J connectivity index is 2.00. The maximum absolute atomic E-state index is 11.8. The summed E-state index contributed by atoms with van der Waals surface area (Å²) in [7, 11) is -2.89. The van der Waals surface area contributed by atoms with Gasteiger partial charge in [-0.25, -0.2) is 8.42 Å². The normalized spacial score (nSPS) is 34.5. The molecule has 0 bridgehead atoms. The summed E-state index contributed by atoms with van der Waals surface area (Å²) in [6, 6.07) is 0.614. The second kappa shape index (κ2) is 5.68. The van der Waals surface area contributed by atoms with E-state index in [1.54, 1.807) is 0 Å². The van der Waals surface area contributed by atoms with E-state index < -0.39 is 9.84 Å². The summed E-state index contributed by atoms with van der Waals surface area (Å²) in [6.07, 6.45) is 1.87. The Morgan fingerprint density at radius 1 is 1.26 bits per heavy atom. The van der Waals surface area contributed by atoms with E-state index in [0.29, 0.717) is 24.8 Å². The molecule has 6 heteroatoms. The Hall–Kier alpha value is -0.170. The zero-order valence-corrected chi connectivity index (χ0v) is 13.0. The van der Waals surface area contributed by atoms with Crippen LogP contribution >= 0.6 is 0 Å². The Morgan fingerprint density at radius 2 is 1.89 bits per heavy atom. The third-order valence-electron chi connectivity index (χ3n) is 4.95. The van der Waals surface area contributed by atoms with Gasteiger partial charge >= 0.3 is 0 Å². The van der Waals surface area contributed by atoms with Crippen LogP contribution < -0.4 is 5.73 Å². The molecule has 2 aliphatic heterocycles. The van der Waals surface area contributed by atoms with Gasteiger partial charge in [-0.15, -0.1) is 0 Å². The first-order chi connectivity index (χ1) is 8.92. The van der Waals surface area contributed by atoms with Crippen LogP contribution in [0, 0.1) is 0 Å². The number of nitrogens with zero attached hydrogens (tertiary/aromatic N) is 2. The van der Waals surface area contributed by atoms with Gasteiger partial charge in [-0.1, -0.05) is 6.92 Å². The van der Waals surface area contributed by atoms with E-state index in [0.717, 1.165) is 32.6 Å². The molecule has 0 aromatic rings. The molecule has 2 rings (SSSR count). The van der Waals surface area contributed by atoms with Gasteiger partial charge in [0, 0.05) is 44.3 Å². The fourth-order valence-corrected chi connectivity index (χ4v) is 5.43. The number of nitrogens with two attached hydrogens (primary N) is 1. The van der Waals surface area contributed by atoms with E-state index >= 15 is 0 Å². The van der Waals surface area contributed by atoms with Gasteiger partial charge in [0.15, 0.2) is 9.84 Å². The number of sulfone groups is 1. The fraction of sp³-hybridized carbons (Fsp3) is 1.00. The first kappa shape index (κ1) is 15.2. The van der Waals surface area contributed by atoms with Gasteiger partial charge in [0.05, 0.1) is 11.5 Å². The van der Waals surface area contributed by atoms with Gasteiger partial charge in [-0.3, -0.25) is 9.80 Å². The molecule has 19 heavy (non-hydrogen) atoms. The van der Waals surface area contributed by atoms with Crippen molar-refractivity contribution < 1.29 is 8.42 Å². The second-order valence-corrected chi connectivity index (χ2v) is 8.23. The zero-order valence-electron chi connectivity index (χ0n) is 12.1. The molecule has 0 spiro atoms. The van der Waals surface area contributed by atoms with Crippen LogP contribution in [0.3, 0.4) is 0 Å². The number of rotatable bonds is 4. The Morgan fingerprint density at radius 3 is 2.32 bits per heavy atom. The third kappa shape index (κ3) is 3.12. The van der Waals surface area contributed by atoms with Gasteiger partial charge in [0.25, 0.3) is 0 Å². The highest BCUT2D eigenvalue weighted by molar-refractivity contribution is 7.91. The molecule has 2 N–H and O–H groups in total. The topological polar surface area (TPSA) is 66.6 Å². The summed E-state index contributed by atoms with van der Waals surface area (Å²) in [5, 5.41) is 0. The molecule has 2 atom stereocenters. The second-order valence-electron chi connectivity index (χ2n) is 6.05. The van der Waals surface area contributed by atoms with Crippen molar-refractivity contribution >= 4 is 9.84 Å². The molecule has 5 nitrogen and oxygen atoms in total. The van der Waals surface area contributed by atoms with Crippen LogP contribution in [0.15, 0.2) is 0 Å². The fourth-order valence-electron chi connectivity index (χ4n) is 3.33.